The van der Waals surface area contributed by atoms with E-state index in [2.05, 4.69) is 0 Å². The first-order valence-corrected chi connectivity index (χ1v) is 4.17. The van der Waals surface area contributed by atoms with Gasteiger partial charge in [-0.15, -0.1) is 0 Å². The molecular weight excluding hydrogens is 183 g/mol. The Kier molecular flexibility index (Phi) is 6.73. The van der Waals surface area contributed by atoms with Crippen LogP contribution in [0.1, 0.15) is 13.8 Å². The van der Waals surface area contributed by atoms with Crippen LogP contribution in [-0.4, -0.2) is 13.2 Å². The summed E-state index contributed by atoms with van der Waals surface area (Å²) in [4.78, 5) is 0. The minimum absolute atomic E-state index is 0.561. The van der Waals surface area contributed by atoms with Gasteiger partial charge in [-0.05, 0) is 25.0 Å². The van der Waals surface area contributed by atoms with Gasteiger partial charge in [-0.1, -0.05) is 23.2 Å². The first-order valence-electron chi connectivity index (χ1n) is 3.30. The second kappa shape index (κ2) is 6.71. The Morgan fingerprint density at radius 1 is 1.09 bits per heavy atom. The van der Waals surface area contributed by atoms with Crippen LogP contribution >= 0.6 is 23.2 Å². The van der Waals surface area contributed by atoms with E-state index in [9.17, 15) is 0 Å². The largest absolute Gasteiger partial charge is 0.373 e. The fraction of sp³-hybridized carbons (Fsp3) is 0.500. The third kappa shape index (κ3) is 6.42. The van der Waals surface area contributed by atoms with Crippen LogP contribution in [0.5, 0.6) is 0 Å². The van der Waals surface area contributed by atoms with E-state index in [4.69, 9.17) is 27.9 Å². The maximum Gasteiger partial charge on any atom is 0.0689 e. The number of halogens is 2. The van der Waals surface area contributed by atoms with Crippen LogP contribution in [-0.2, 0) is 4.74 Å². The van der Waals surface area contributed by atoms with Gasteiger partial charge in [0, 0.05) is 11.1 Å². The lowest BCUT2D eigenvalue weighted by Crippen LogP contribution is -1.98. The predicted molar refractivity (Wildman–Crippen MR) is 50.0 cm³/mol. The second-order valence-electron chi connectivity index (χ2n) is 2.40. The molecule has 0 unspecified atom stereocenters. The molecule has 0 fully saturated rings. The molecule has 0 rings (SSSR count). The zero-order valence-corrected chi connectivity index (χ0v) is 8.24. The molecule has 0 N–H and O–H groups in total. The maximum absolute atomic E-state index is 5.42. The zero-order valence-electron chi connectivity index (χ0n) is 6.73. The lowest BCUT2D eigenvalue weighted by molar-refractivity contribution is 0.180. The molecule has 0 saturated heterocycles. The van der Waals surface area contributed by atoms with Crippen molar-refractivity contribution in [3.05, 3.63) is 22.2 Å². The highest BCUT2D eigenvalue weighted by atomic mass is 35.5. The first-order chi connectivity index (χ1) is 5.20. The smallest absolute Gasteiger partial charge is 0.0689 e. The van der Waals surface area contributed by atoms with E-state index in [-0.39, 0.29) is 0 Å². The Morgan fingerprint density at radius 3 is 1.73 bits per heavy atom. The Morgan fingerprint density at radius 2 is 1.45 bits per heavy atom. The van der Waals surface area contributed by atoms with Gasteiger partial charge in [0.05, 0.1) is 13.2 Å². The van der Waals surface area contributed by atoms with Gasteiger partial charge in [0.2, 0.25) is 0 Å². The molecule has 0 spiro atoms. The summed E-state index contributed by atoms with van der Waals surface area (Å²) in [6.07, 6.45) is 0. The number of rotatable bonds is 4. The molecule has 0 aromatic heterocycles. The lowest BCUT2D eigenvalue weighted by Gasteiger charge is -2.02. The van der Waals surface area contributed by atoms with Crippen LogP contribution in [0, 0.1) is 0 Å². The lowest BCUT2D eigenvalue weighted by atomic mass is 10.3. The first kappa shape index (κ1) is 11.0. The van der Waals surface area contributed by atoms with Crippen molar-refractivity contribution in [2.75, 3.05) is 13.2 Å². The molecule has 0 amide bonds. The van der Waals surface area contributed by atoms with Gasteiger partial charge >= 0.3 is 0 Å². The normalized spacial score (nSPS) is 13.8. The Bertz CT molecular complexity index is 143. The summed E-state index contributed by atoms with van der Waals surface area (Å²) >= 11 is 10.8. The molecule has 1 nitrogen and oxygen atoms in total. The summed E-state index contributed by atoms with van der Waals surface area (Å²) in [5, 5.41) is 0. The van der Waals surface area contributed by atoms with Crippen molar-refractivity contribution < 1.29 is 4.74 Å². The number of ether oxygens (including phenoxy) is 1. The van der Waals surface area contributed by atoms with Gasteiger partial charge < -0.3 is 4.74 Å². The summed E-state index contributed by atoms with van der Waals surface area (Å²) in [7, 11) is 0. The highest BCUT2D eigenvalue weighted by Gasteiger charge is 1.90. The Balaban J connectivity index is 3.43. The zero-order chi connectivity index (χ0) is 8.69. The van der Waals surface area contributed by atoms with Crippen LogP contribution in [0.3, 0.4) is 0 Å². The molecule has 0 radical (unpaired) electrons. The minimum Gasteiger partial charge on any atom is -0.373 e. The molecule has 11 heavy (non-hydrogen) atoms. The standard InChI is InChI=1S/C8H12Cl2O/c1-7(3-9)5-11-6-8(2)4-10/h3-4H,5-6H2,1-2H3/b7-3+,8-4+. The molecule has 0 aliphatic rings. The van der Waals surface area contributed by atoms with Crippen LogP contribution in [0.2, 0.25) is 0 Å². The molecule has 64 valence electrons. The Hall–Kier alpha value is 0.0200. The van der Waals surface area contributed by atoms with E-state index in [1.165, 1.54) is 11.1 Å². The maximum atomic E-state index is 5.42. The number of hydrogen-bond acceptors (Lipinski definition) is 1. The van der Waals surface area contributed by atoms with Crippen LogP contribution in [0.15, 0.2) is 22.2 Å². The van der Waals surface area contributed by atoms with Gasteiger partial charge in [0.25, 0.3) is 0 Å². The predicted octanol–water partition coefficient (Wildman–Crippen LogP) is 3.29. The van der Waals surface area contributed by atoms with E-state index < -0.39 is 0 Å². The van der Waals surface area contributed by atoms with Crippen LogP contribution < -0.4 is 0 Å². The summed E-state index contributed by atoms with van der Waals surface area (Å²) in [5.41, 5.74) is 5.04. The average Bonchev–Trinajstić information content (AvgIpc) is 2.04. The SMILES string of the molecule is C/C(=C\Cl)COC/C(C)=C/Cl. The molecule has 0 heterocycles. The topological polar surface area (TPSA) is 9.23 Å². The van der Waals surface area contributed by atoms with E-state index >= 15 is 0 Å². The van der Waals surface area contributed by atoms with Crippen LogP contribution in [0.25, 0.3) is 0 Å². The summed E-state index contributed by atoms with van der Waals surface area (Å²) in [6, 6.07) is 0. The quantitative estimate of drug-likeness (QED) is 0.668. The summed E-state index contributed by atoms with van der Waals surface area (Å²) < 4.78 is 5.23. The third-order valence-electron chi connectivity index (χ3n) is 1.03. The van der Waals surface area contributed by atoms with Crippen molar-refractivity contribution in [3.63, 3.8) is 0 Å². The van der Waals surface area contributed by atoms with Gasteiger partial charge in [-0.3, -0.25) is 0 Å². The molecule has 0 atom stereocenters. The molecule has 0 aromatic carbocycles. The van der Waals surface area contributed by atoms with Gasteiger partial charge in [-0.2, -0.15) is 0 Å². The monoisotopic (exact) mass is 194 g/mol. The summed E-state index contributed by atoms with van der Waals surface area (Å²) in [5.74, 6) is 0. The van der Waals surface area contributed by atoms with Gasteiger partial charge in [0.15, 0.2) is 0 Å². The van der Waals surface area contributed by atoms with Crippen molar-refractivity contribution in [1.29, 1.82) is 0 Å². The molecule has 0 saturated carbocycles. The van der Waals surface area contributed by atoms with E-state index in [1.54, 1.807) is 0 Å². The van der Waals surface area contributed by atoms with Gasteiger partial charge in [0.1, 0.15) is 0 Å². The fourth-order valence-corrected chi connectivity index (χ4v) is 0.562. The summed E-state index contributed by atoms with van der Waals surface area (Å²) in [6.45, 7) is 4.94. The van der Waals surface area contributed by atoms with E-state index in [0.29, 0.717) is 13.2 Å². The Labute approximate surface area is 77.6 Å². The second-order valence-corrected chi connectivity index (χ2v) is 2.84. The molecule has 3 heteroatoms. The molecule has 0 bridgehead atoms. The van der Waals surface area contributed by atoms with Gasteiger partial charge in [-0.25, -0.2) is 0 Å². The van der Waals surface area contributed by atoms with E-state index in [1.807, 2.05) is 13.8 Å². The van der Waals surface area contributed by atoms with Crippen molar-refractivity contribution in [1.82, 2.24) is 0 Å². The van der Waals surface area contributed by atoms with Crippen molar-refractivity contribution in [3.8, 4) is 0 Å². The van der Waals surface area contributed by atoms with Crippen molar-refractivity contribution >= 4 is 23.2 Å². The average molecular weight is 195 g/mol. The number of hydrogen-bond donors (Lipinski definition) is 0. The minimum atomic E-state index is 0.561. The van der Waals surface area contributed by atoms with Crippen LogP contribution in [0.4, 0.5) is 0 Å². The highest BCUT2D eigenvalue weighted by Crippen LogP contribution is 2.00. The van der Waals surface area contributed by atoms with E-state index in [0.717, 1.165) is 11.1 Å². The fourth-order valence-electron chi connectivity index (χ4n) is 0.436. The molecular formula is C8H12Cl2O. The molecule has 0 aliphatic carbocycles. The third-order valence-corrected chi connectivity index (χ3v) is 1.78. The molecule has 0 aliphatic heterocycles. The highest BCUT2D eigenvalue weighted by molar-refractivity contribution is 6.25. The van der Waals surface area contributed by atoms with Crippen molar-refractivity contribution in [2.24, 2.45) is 0 Å². The molecule has 0 aromatic rings. The van der Waals surface area contributed by atoms with Crippen molar-refractivity contribution in [2.45, 2.75) is 13.8 Å².